The quantitative estimate of drug-likeness (QED) is 0.904. The van der Waals surface area contributed by atoms with Crippen LogP contribution in [0.3, 0.4) is 0 Å². The molecule has 110 valence electrons. The van der Waals surface area contributed by atoms with Gasteiger partial charge in [-0.05, 0) is 24.3 Å². The molecule has 0 unspecified atom stereocenters. The summed E-state index contributed by atoms with van der Waals surface area (Å²) in [6, 6.07) is 8.08. The first-order valence-corrected chi connectivity index (χ1v) is 7.93. The number of carboxylic acid groups (broad SMARTS) is 1. The van der Waals surface area contributed by atoms with E-state index in [9.17, 15) is 13.2 Å². The topological polar surface area (TPSA) is 107 Å². The van der Waals surface area contributed by atoms with E-state index >= 15 is 0 Å². The van der Waals surface area contributed by atoms with Gasteiger partial charge in [-0.2, -0.15) is 0 Å². The van der Waals surface area contributed by atoms with Crippen LogP contribution in [0.15, 0.2) is 34.9 Å². The lowest BCUT2D eigenvalue weighted by molar-refractivity contribution is 0.0652. The summed E-state index contributed by atoms with van der Waals surface area (Å²) in [6.45, 7) is 0. The van der Waals surface area contributed by atoms with Gasteiger partial charge in [-0.1, -0.05) is 5.16 Å². The summed E-state index contributed by atoms with van der Waals surface area (Å²) in [5.74, 6) is -0.773. The Bertz CT molecular complexity index is 765. The van der Waals surface area contributed by atoms with Crippen molar-refractivity contribution in [2.24, 2.45) is 0 Å². The summed E-state index contributed by atoms with van der Waals surface area (Å²) in [7, 11) is -2.91. The fourth-order valence-corrected chi connectivity index (χ4v) is 3.17. The smallest absolute Gasteiger partial charge is 0.374 e. The van der Waals surface area contributed by atoms with Crippen molar-refractivity contribution in [3.63, 3.8) is 0 Å². The van der Waals surface area contributed by atoms with Crippen LogP contribution in [0.1, 0.15) is 10.6 Å². The average Bonchev–Trinajstić information content (AvgIpc) is 2.87. The van der Waals surface area contributed by atoms with Crippen LogP contribution in [0, 0.1) is 0 Å². The normalized spacial score (nSPS) is 17.1. The highest BCUT2D eigenvalue weighted by Gasteiger charge is 2.35. The van der Waals surface area contributed by atoms with E-state index in [4.69, 9.17) is 9.84 Å². The Morgan fingerprint density at radius 1 is 1.29 bits per heavy atom. The number of benzene rings is 1. The van der Waals surface area contributed by atoms with Crippen LogP contribution in [0.5, 0.6) is 5.75 Å². The Morgan fingerprint density at radius 2 is 1.95 bits per heavy atom. The van der Waals surface area contributed by atoms with Gasteiger partial charge in [0.2, 0.25) is 5.76 Å². The van der Waals surface area contributed by atoms with E-state index in [1.54, 1.807) is 24.3 Å². The first-order valence-electron chi connectivity index (χ1n) is 6.10. The molecule has 0 saturated carbocycles. The summed E-state index contributed by atoms with van der Waals surface area (Å²) in [6.07, 6.45) is -0.300. The maximum absolute atomic E-state index is 11.0. The van der Waals surface area contributed by atoms with E-state index < -0.39 is 15.8 Å². The molecule has 1 N–H and O–H groups in total. The lowest BCUT2D eigenvalue weighted by atomic mass is 10.1. The molecule has 7 nitrogen and oxygen atoms in total. The van der Waals surface area contributed by atoms with E-state index in [1.165, 1.54) is 6.07 Å². The zero-order chi connectivity index (χ0) is 15.0. The van der Waals surface area contributed by atoms with Gasteiger partial charge in [0, 0.05) is 11.6 Å². The summed E-state index contributed by atoms with van der Waals surface area (Å²) in [4.78, 5) is 10.7. The van der Waals surface area contributed by atoms with Crippen molar-refractivity contribution in [2.45, 2.75) is 6.10 Å². The SMILES string of the molecule is O=C(O)c1cc(-c2ccc(OC3CS(=O)(=O)C3)cc2)no1. The van der Waals surface area contributed by atoms with Crippen LogP contribution in [0.4, 0.5) is 0 Å². The maximum atomic E-state index is 11.0. The van der Waals surface area contributed by atoms with Crippen molar-refractivity contribution in [3.05, 3.63) is 36.1 Å². The molecule has 1 aliphatic rings. The van der Waals surface area contributed by atoms with E-state index in [0.717, 1.165) is 0 Å². The van der Waals surface area contributed by atoms with Gasteiger partial charge < -0.3 is 14.4 Å². The molecule has 1 aromatic carbocycles. The molecule has 1 aliphatic heterocycles. The standard InChI is InChI=1S/C13H11NO6S/c15-13(16)12-5-11(14-20-12)8-1-3-9(4-2-8)19-10-6-21(17,18)7-10/h1-5,10H,6-7H2,(H,15,16). The highest BCUT2D eigenvalue weighted by molar-refractivity contribution is 7.92. The monoisotopic (exact) mass is 309 g/mol. The first kappa shape index (κ1) is 13.6. The number of aromatic nitrogens is 1. The van der Waals surface area contributed by atoms with Crippen LogP contribution in [0.25, 0.3) is 11.3 Å². The lowest BCUT2D eigenvalue weighted by Gasteiger charge is -2.26. The van der Waals surface area contributed by atoms with E-state index in [1.807, 2.05) is 0 Å². The zero-order valence-electron chi connectivity index (χ0n) is 10.7. The number of hydrogen-bond acceptors (Lipinski definition) is 6. The third-order valence-electron chi connectivity index (χ3n) is 3.05. The minimum atomic E-state index is -2.91. The second kappa shape index (κ2) is 4.88. The predicted molar refractivity (Wildman–Crippen MR) is 72.0 cm³/mol. The molecule has 3 rings (SSSR count). The van der Waals surface area contributed by atoms with Crippen LogP contribution in [-0.2, 0) is 9.84 Å². The number of rotatable bonds is 4. The molecule has 0 amide bonds. The summed E-state index contributed by atoms with van der Waals surface area (Å²) < 4.78 is 32.3. The highest BCUT2D eigenvalue weighted by Crippen LogP contribution is 2.24. The van der Waals surface area contributed by atoms with Crippen molar-refractivity contribution < 1.29 is 27.6 Å². The molecule has 2 aromatic rings. The van der Waals surface area contributed by atoms with Gasteiger partial charge in [-0.25, -0.2) is 13.2 Å². The van der Waals surface area contributed by atoms with Gasteiger partial charge in [0.05, 0.1) is 11.5 Å². The lowest BCUT2D eigenvalue weighted by Crippen LogP contribution is -2.45. The molecule has 0 spiro atoms. The van der Waals surface area contributed by atoms with Gasteiger partial charge in [0.15, 0.2) is 9.84 Å². The fraction of sp³-hybridized carbons (Fsp3) is 0.231. The average molecular weight is 309 g/mol. The van der Waals surface area contributed by atoms with Crippen LogP contribution in [-0.4, -0.2) is 42.3 Å². The fourth-order valence-electron chi connectivity index (χ4n) is 1.99. The number of hydrogen-bond donors (Lipinski definition) is 1. The molecule has 2 heterocycles. The van der Waals surface area contributed by atoms with E-state index in [0.29, 0.717) is 17.0 Å². The molecule has 0 atom stereocenters. The van der Waals surface area contributed by atoms with Crippen LogP contribution >= 0.6 is 0 Å². The van der Waals surface area contributed by atoms with Gasteiger partial charge in [0.1, 0.15) is 17.5 Å². The number of ether oxygens (including phenoxy) is 1. The molecule has 1 fully saturated rings. The third kappa shape index (κ3) is 2.89. The third-order valence-corrected chi connectivity index (χ3v) is 4.81. The van der Waals surface area contributed by atoms with Crippen LogP contribution < -0.4 is 4.74 Å². The Morgan fingerprint density at radius 3 is 2.48 bits per heavy atom. The molecule has 0 bridgehead atoms. The van der Waals surface area contributed by atoms with Crippen LogP contribution in [0.2, 0.25) is 0 Å². The molecular weight excluding hydrogens is 298 g/mol. The largest absolute Gasteiger partial charge is 0.488 e. The van der Waals surface area contributed by atoms with Crippen molar-refractivity contribution in [2.75, 3.05) is 11.5 Å². The second-order valence-corrected chi connectivity index (χ2v) is 6.88. The summed E-state index contributed by atoms with van der Waals surface area (Å²) >= 11 is 0. The van der Waals surface area contributed by atoms with E-state index in [-0.39, 0.29) is 23.4 Å². The van der Waals surface area contributed by atoms with Gasteiger partial charge in [-0.3, -0.25) is 0 Å². The molecular formula is C13H11NO6S. The Labute approximate surface area is 120 Å². The van der Waals surface area contributed by atoms with Crippen molar-refractivity contribution in [3.8, 4) is 17.0 Å². The Kier molecular flexibility index (Phi) is 3.17. The first-order chi connectivity index (χ1) is 9.93. The van der Waals surface area contributed by atoms with Gasteiger partial charge in [-0.15, -0.1) is 0 Å². The van der Waals surface area contributed by atoms with Crippen molar-refractivity contribution >= 4 is 15.8 Å². The Balaban J connectivity index is 1.70. The number of sulfone groups is 1. The van der Waals surface area contributed by atoms with Gasteiger partial charge in [0.25, 0.3) is 0 Å². The number of aromatic carboxylic acids is 1. The minimum Gasteiger partial charge on any atom is -0.488 e. The molecule has 1 aromatic heterocycles. The maximum Gasteiger partial charge on any atom is 0.374 e. The molecule has 21 heavy (non-hydrogen) atoms. The van der Waals surface area contributed by atoms with E-state index in [2.05, 4.69) is 9.68 Å². The predicted octanol–water partition coefficient (Wildman–Crippen LogP) is 1.22. The summed E-state index contributed by atoms with van der Waals surface area (Å²) in [5.41, 5.74) is 1.09. The minimum absolute atomic E-state index is 0.0417. The van der Waals surface area contributed by atoms with Crippen molar-refractivity contribution in [1.29, 1.82) is 0 Å². The molecule has 0 aliphatic carbocycles. The van der Waals surface area contributed by atoms with Gasteiger partial charge >= 0.3 is 5.97 Å². The summed E-state index contributed by atoms with van der Waals surface area (Å²) in [5, 5.41) is 12.4. The van der Waals surface area contributed by atoms with Crippen molar-refractivity contribution in [1.82, 2.24) is 5.16 Å². The second-order valence-electron chi connectivity index (χ2n) is 4.72. The number of carboxylic acids is 1. The Hall–Kier alpha value is -2.35. The zero-order valence-corrected chi connectivity index (χ0v) is 11.5. The molecule has 0 radical (unpaired) electrons. The number of carbonyl (C=O) groups is 1. The highest BCUT2D eigenvalue weighted by atomic mass is 32.2. The molecule has 8 heteroatoms. The molecule has 1 saturated heterocycles. The number of nitrogens with zero attached hydrogens (tertiary/aromatic N) is 1.